The zero-order valence-corrected chi connectivity index (χ0v) is 8.66. The van der Waals surface area contributed by atoms with Crippen LogP contribution in [0.3, 0.4) is 0 Å². The summed E-state index contributed by atoms with van der Waals surface area (Å²) in [6.45, 7) is 1.96. The molecule has 4 heteroatoms. The molecule has 2 aromatic heterocycles. The summed E-state index contributed by atoms with van der Waals surface area (Å²) in [4.78, 5) is 5.27. The molecule has 2 aromatic rings. The van der Waals surface area contributed by atoms with Crippen LogP contribution < -0.4 is 5.73 Å². The second-order valence-corrected chi connectivity index (χ2v) is 3.94. The molecular formula is C10H11N3S. The molecule has 3 nitrogen and oxygen atoms in total. The maximum atomic E-state index is 6.04. The Balaban J connectivity index is 2.29. The first-order chi connectivity index (χ1) is 6.77. The largest absolute Gasteiger partial charge is 0.318 e. The molecule has 2 rings (SSSR count). The van der Waals surface area contributed by atoms with Crippen molar-refractivity contribution in [3.63, 3.8) is 0 Å². The summed E-state index contributed by atoms with van der Waals surface area (Å²) < 4.78 is 4.20. The van der Waals surface area contributed by atoms with Crippen molar-refractivity contribution in [2.45, 2.75) is 13.0 Å². The normalized spacial score (nSPS) is 12.7. The molecule has 1 atom stereocenters. The van der Waals surface area contributed by atoms with Crippen LogP contribution in [0.4, 0.5) is 0 Å². The third kappa shape index (κ3) is 1.81. The first-order valence-corrected chi connectivity index (χ1v) is 5.14. The number of pyridine rings is 1. The van der Waals surface area contributed by atoms with E-state index in [9.17, 15) is 0 Å². The molecule has 0 aliphatic rings. The Bertz CT molecular complexity index is 410. The molecular weight excluding hydrogens is 194 g/mol. The Morgan fingerprint density at radius 1 is 1.43 bits per heavy atom. The number of aromatic nitrogens is 2. The van der Waals surface area contributed by atoms with Crippen LogP contribution in [0.25, 0.3) is 0 Å². The zero-order chi connectivity index (χ0) is 9.97. The lowest BCUT2D eigenvalue weighted by Crippen LogP contribution is -2.11. The summed E-state index contributed by atoms with van der Waals surface area (Å²) in [5.74, 6) is 0. The number of hydrogen-bond acceptors (Lipinski definition) is 4. The summed E-state index contributed by atoms with van der Waals surface area (Å²) in [5.41, 5.74) is 7.93. The first kappa shape index (κ1) is 9.30. The SMILES string of the molecule is Cc1cc(C(N)c2ccccn2)sn1. The lowest BCUT2D eigenvalue weighted by atomic mass is 10.1. The topological polar surface area (TPSA) is 51.8 Å². The van der Waals surface area contributed by atoms with E-state index in [4.69, 9.17) is 5.73 Å². The van der Waals surface area contributed by atoms with Crippen LogP contribution in [0.5, 0.6) is 0 Å². The number of hydrogen-bond donors (Lipinski definition) is 1. The van der Waals surface area contributed by atoms with E-state index in [0.29, 0.717) is 0 Å². The highest BCUT2D eigenvalue weighted by Crippen LogP contribution is 2.21. The Hall–Kier alpha value is -1.26. The van der Waals surface area contributed by atoms with E-state index in [0.717, 1.165) is 16.3 Å². The van der Waals surface area contributed by atoms with Crippen molar-refractivity contribution in [2.75, 3.05) is 0 Å². The van der Waals surface area contributed by atoms with Gasteiger partial charge in [-0.2, -0.15) is 4.37 Å². The molecule has 0 saturated heterocycles. The maximum absolute atomic E-state index is 6.04. The van der Waals surface area contributed by atoms with Crippen molar-refractivity contribution >= 4 is 11.5 Å². The fourth-order valence-corrected chi connectivity index (χ4v) is 2.00. The first-order valence-electron chi connectivity index (χ1n) is 4.37. The van der Waals surface area contributed by atoms with Crippen molar-refractivity contribution in [1.29, 1.82) is 0 Å². The predicted molar refractivity (Wildman–Crippen MR) is 57.1 cm³/mol. The fraction of sp³-hybridized carbons (Fsp3) is 0.200. The van der Waals surface area contributed by atoms with Crippen LogP contribution in [-0.2, 0) is 0 Å². The van der Waals surface area contributed by atoms with Gasteiger partial charge in [0.1, 0.15) is 0 Å². The van der Waals surface area contributed by atoms with Gasteiger partial charge in [-0.1, -0.05) is 6.07 Å². The van der Waals surface area contributed by atoms with Gasteiger partial charge in [0.05, 0.1) is 17.4 Å². The van der Waals surface area contributed by atoms with Gasteiger partial charge in [0.2, 0.25) is 0 Å². The minimum Gasteiger partial charge on any atom is -0.318 e. The second kappa shape index (κ2) is 3.86. The monoisotopic (exact) mass is 205 g/mol. The zero-order valence-electron chi connectivity index (χ0n) is 7.84. The summed E-state index contributed by atoms with van der Waals surface area (Å²) in [5, 5.41) is 0. The van der Waals surface area contributed by atoms with Gasteiger partial charge in [0.15, 0.2) is 0 Å². The minimum atomic E-state index is -0.151. The smallest absolute Gasteiger partial charge is 0.0836 e. The molecule has 0 aromatic carbocycles. The predicted octanol–water partition coefficient (Wildman–Crippen LogP) is 1.89. The van der Waals surface area contributed by atoms with Gasteiger partial charge < -0.3 is 5.73 Å². The molecule has 2 heterocycles. The van der Waals surface area contributed by atoms with Gasteiger partial charge in [-0.15, -0.1) is 0 Å². The van der Waals surface area contributed by atoms with Crippen molar-refractivity contribution in [2.24, 2.45) is 5.73 Å². The number of aryl methyl sites for hydroxylation is 1. The average Bonchev–Trinajstić information content (AvgIpc) is 2.65. The van der Waals surface area contributed by atoms with Crippen molar-refractivity contribution in [3.8, 4) is 0 Å². The van der Waals surface area contributed by atoms with Crippen molar-refractivity contribution < 1.29 is 0 Å². The molecule has 0 radical (unpaired) electrons. The van der Waals surface area contributed by atoms with Gasteiger partial charge >= 0.3 is 0 Å². The molecule has 0 aliphatic carbocycles. The van der Waals surface area contributed by atoms with E-state index < -0.39 is 0 Å². The van der Waals surface area contributed by atoms with E-state index in [-0.39, 0.29) is 6.04 Å². The Kier molecular flexibility index (Phi) is 2.56. The third-order valence-corrected chi connectivity index (χ3v) is 2.92. The number of nitrogens with zero attached hydrogens (tertiary/aromatic N) is 2. The van der Waals surface area contributed by atoms with Crippen molar-refractivity contribution in [1.82, 2.24) is 9.36 Å². The molecule has 0 aliphatic heterocycles. The summed E-state index contributed by atoms with van der Waals surface area (Å²) in [7, 11) is 0. The summed E-state index contributed by atoms with van der Waals surface area (Å²) >= 11 is 1.44. The lowest BCUT2D eigenvalue weighted by molar-refractivity contribution is 0.846. The number of nitrogens with two attached hydrogens (primary N) is 1. The number of rotatable bonds is 2. The standard InChI is InChI=1S/C10H11N3S/c1-7-6-9(14-13-7)10(11)8-4-2-3-5-12-8/h2-6,10H,11H2,1H3. The highest BCUT2D eigenvalue weighted by atomic mass is 32.1. The molecule has 0 fully saturated rings. The van der Waals surface area contributed by atoms with Crippen LogP contribution in [0, 0.1) is 6.92 Å². The van der Waals surface area contributed by atoms with E-state index in [2.05, 4.69) is 9.36 Å². The third-order valence-electron chi connectivity index (χ3n) is 1.96. The van der Waals surface area contributed by atoms with Gasteiger partial charge in [0, 0.05) is 11.1 Å². The van der Waals surface area contributed by atoms with Crippen molar-refractivity contribution in [3.05, 3.63) is 46.7 Å². The van der Waals surface area contributed by atoms with Gasteiger partial charge in [0.25, 0.3) is 0 Å². The molecule has 72 valence electrons. The lowest BCUT2D eigenvalue weighted by Gasteiger charge is -2.06. The Labute approximate surface area is 86.8 Å². The van der Waals surface area contributed by atoms with Crippen LogP contribution >= 0.6 is 11.5 Å². The molecule has 0 bridgehead atoms. The average molecular weight is 205 g/mol. The molecule has 0 amide bonds. The quantitative estimate of drug-likeness (QED) is 0.814. The van der Waals surface area contributed by atoms with Gasteiger partial charge in [-0.3, -0.25) is 4.98 Å². The maximum Gasteiger partial charge on any atom is 0.0836 e. The van der Waals surface area contributed by atoms with Crippen LogP contribution in [0.2, 0.25) is 0 Å². The van der Waals surface area contributed by atoms with Crippen LogP contribution in [-0.4, -0.2) is 9.36 Å². The second-order valence-electron chi connectivity index (χ2n) is 3.10. The van der Waals surface area contributed by atoms with Crippen LogP contribution in [0.15, 0.2) is 30.5 Å². The molecule has 14 heavy (non-hydrogen) atoms. The van der Waals surface area contributed by atoms with Gasteiger partial charge in [-0.25, -0.2) is 0 Å². The highest BCUT2D eigenvalue weighted by molar-refractivity contribution is 7.05. The highest BCUT2D eigenvalue weighted by Gasteiger charge is 2.11. The Morgan fingerprint density at radius 2 is 2.29 bits per heavy atom. The van der Waals surface area contributed by atoms with Gasteiger partial charge in [-0.05, 0) is 36.7 Å². The van der Waals surface area contributed by atoms with Crippen LogP contribution in [0.1, 0.15) is 22.3 Å². The fourth-order valence-electron chi connectivity index (χ4n) is 1.24. The minimum absolute atomic E-state index is 0.151. The molecule has 1 unspecified atom stereocenters. The molecule has 0 saturated carbocycles. The van der Waals surface area contributed by atoms with E-state index in [1.807, 2.05) is 31.2 Å². The van der Waals surface area contributed by atoms with E-state index in [1.165, 1.54) is 11.5 Å². The van der Waals surface area contributed by atoms with E-state index in [1.54, 1.807) is 6.20 Å². The summed E-state index contributed by atoms with van der Waals surface area (Å²) in [6, 6.07) is 7.61. The Morgan fingerprint density at radius 3 is 2.86 bits per heavy atom. The molecule has 2 N–H and O–H groups in total. The van der Waals surface area contributed by atoms with E-state index >= 15 is 0 Å². The summed E-state index contributed by atoms with van der Waals surface area (Å²) in [6.07, 6.45) is 1.75. The molecule has 0 spiro atoms.